The second kappa shape index (κ2) is 5.19. The summed E-state index contributed by atoms with van der Waals surface area (Å²) in [5.41, 5.74) is 0. The van der Waals surface area contributed by atoms with Gasteiger partial charge in [0, 0.05) is 0 Å². The summed E-state index contributed by atoms with van der Waals surface area (Å²) >= 11 is 0. The van der Waals surface area contributed by atoms with Crippen molar-refractivity contribution in [3.8, 4) is 0 Å². The van der Waals surface area contributed by atoms with Gasteiger partial charge in [0.25, 0.3) is 0 Å². The zero-order valence-corrected chi connectivity index (χ0v) is 9.80. The van der Waals surface area contributed by atoms with E-state index in [1.165, 1.54) is 38.5 Å². The molecule has 0 nitrogen and oxygen atoms in total. The third-order valence-corrected chi connectivity index (χ3v) is 4.71. The normalized spacial score (nSPS) is 34.9. The predicted molar refractivity (Wildman–Crippen MR) is 62.3 cm³/mol. The Hall–Kier alpha value is 0. The number of hydrogen-bond donors (Lipinski definition) is 0. The van der Waals surface area contributed by atoms with E-state index in [4.69, 9.17) is 0 Å². The van der Waals surface area contributed by atoms with Gasteiger partial charge in [0.05, 0.1) is 0 Å². The molecule has 2 rings (SSSR count). The molecule has 2 saturated carbocycles. The van der Waals surface area contributed by atoms with Crippen molar-refractivity contribution in [3.63, 3.8) is 0 Å². The molecule has 14 heavy (non-hydrogen) atoms. The molecule has 2 unspecified atom stereocenters. The van der Waals surface area contributed by atoms with Crippen LogP contribution in [0.1, 0.15) is 71.1 Å². The van der Waals surface area contributed by atoms with Crippen LogP contribution in [0, 0.1) is 17.8 Å². The minimum atomic E-state index is 1.03. The Morgan fingerprint density at radius 2 is 1.43 bits per heavy atom. The summed E-state index contributed by atoms with van der Waals surface area (Å²) in [5.74, 6) is 3.23. The molecule has 0 spiro atoms. The summed E-state index contributed by atoms with van der Waals surface area (Å²) in [5, 5.41) is 0. The lowest BCUT2D eigenvalue weighted by Crippen LogP contribution is -2.17. The molecule has 0 aromatic heterocycles. The average molecular weight is 194 g/mol. The first kappa shape index (κ1) is 10.5. The van der Waals surface area contributed by atoms with Crippen LogP contribution in [0.4, 0.5) is 0 Å². The van der Waals surface area contributed by atoms with E-state index < -0.39 is 0 Å². The van der Waals surface area contributed by atoms with Gasteiger partial charge in [-0.2, -0.15) is 0 Å². The van der Waals surface area contributed by atoms with Crippen molar-refractivity contribution in [1.82, 2.24) is 0 Å². The number of hydrogen-bond acceptors (Lipinski definition) is 0. The first-order chi connectivity index (χ1) is 6.86. The minimum Gasteiger partial charge on any atom is -0.0622 e. The molecule has 0 aliphatic heterocycles. The van der Waals surface area contributed by atoms with Gasteiger partial charge in [-0.05, 0) is 24.2 Å². The van der Waals surface area contributed by atoms with Gasteiger partial charge >= 0.3 is 0 Å². The Balaban J connectivity index is 1.67. The van der Waals surface area contributed by atoms with Gasteiger partial charge in [-0.15, -0.1) is 0 Å². The smallest absolute Gasteiger partial charge is 0.0388 e. The highest BCUT2D eigenvalue weighted by Crippen LogP contribution is 2.36. The molecule has 0 aromatic rings. The van der Waals surface area contributed by atoms with Crippen LogP contribution in [0.3, 0.4) is 0 Å². The fraction of sp³-hybridized carbons (Fsp3) is 1.00. The molecular weight excluding hydrogens is 168 g/mol. The maximum absolute atomic E-state index is 2.48. The number of rotatable bonds is 3. The van der Waals surface area contributed by atoms with E-state index in [2.05, 4.69) is 6.92 Å². The summed E-state index contributed by atoms with van der Waals surface area (Å²) in [4.78, 5) is 0. The zero-order chi connectivity index (χ0) is 9.80. The van der Waals surface area contributed by atoms with Crippen LogP contribution in [0.2, 0.25) is 0 Å². The molecule has 0 heterocycles. The van der Waals surface area contributed by atoms with E-state index in [1.807, 2.05) is 0 Å². The van der Waals surface area contributed by atoms with E-state index in [0.29, 0.717) is 0 Å². The van der Waals surface area contributed by atoms with Crippen LogP contribution < -0.4 is 0 Å². The molecule has 0 aromatic carbocycles. The Labute approximate surface area is 89.5 Å². The van der Waals surface area contributed by atoms with E-state index in [9.17, 15) is 0 Å². The molecule has 0 heteroatoms. The highest BCUT2D eigenvalue weighted by molar-refractivity contribution is 4.75. The van der Waals surface area contributed by atoms with Crippen molar-refractivity contribution in [2.24, 2.45) is 17.8 Å². The monoisotopic (exact) mass is 194 g/mol. The van der Waals surface area contributed by atoms with Crippen molar-refractivity contribution in [3.05, 3.63) is 0 Å². The van der Waals surface area contributed by atoms with E-state index in [1.54, 1.807) is 25.7 Å². The zero-order valence-electron chi connectivity index (χ0n) is 9.80. The Morgan fingerprint density at radius 1 is 0.786 bits per heavy atom. The Kier molecular flexibility index (Phi) is 3.89. The van der Waals surface area contributed by atoms with Crippen molar-refractivity contribution in [1.29, 1.82) is 0 Å². The van der Waals surface area contributed by atoms with Gasteiger partial charge in [-0.3, -0.25) is 0 Å². The van der Waals surface area contributed by atoms with E-state index >= 15 is 0 Å². The fourth-order valence-corrected chi connectivity index (χ4v) is 3.57. The molecular formula is C14H26. The van der Waals surface area contributed by atoms with Gasteiger partial charge in [0.15, 0.2) is 0 Å². The van der Waals surface area contributed by atoms with Crippen molar-refractivity contribution in [2.75, 3.05) is 0 Å². The lowest BCUT2D eigenvalue weighted by Gasteiger charge is -2.29. The summed E-state index contributed by atoms with van der Waals surface area (Å²) in [7, 11) is 0. The molecule has 2 aliphatic rings. The third kappa shape index (κ3) is 2.74. The molecule has 2 atom stereocenters. The first-order valence-electron chi connectivity index (χ1n) is 6.86. The van der Waals surface area contributed by atoms with Gasteiger partial charge in [0.1, 0.15) is 0 Å². The molecule has 0 radical (unpaired) electrons. The Bertz CT molecular complexity index is 155. The highest BCUT2D eigenvalue weighted by atomic mass is 14.3. The maximum atomic E-state index is 2.48. The SMILES string of the molecule is CC1CCCCC1CCC1CCCC1. The molecule has 0 bridgehead atoms. The molecule has 82 valence electrons. The lowest BCUT2D eigenvalue weighted by atomic mass is 9.77. The molecule has 2 fully saturated rings. The van der Waals surface area contributed by atoms with Gasteiger partial charge in [-0.25, -0.2) is 0 Å². The van der Waals surface area contributed by atoms with Crippen LogP contribution in [0.15, 0.2) is 0 Å². The topological polar surface area (TPSA) is 0 Å². The predicted octanol–water partition coefficient (Wildman–Crippen LogP) is 4.78. The summed E-state index contributed by atoms with van der Waals surface area (Å²) in [6.07, 6.45) is 15.3. The van der Waals surface area contributed by atoms with Crippen LogP contribution in [0.5, 0.6) is 0 Å². The van der Waals surface area contributed by atoms with Crippen molar-refractivity contribution in [2.45, 2.75) is 71.1 Å². The standard InChI is InChI=1S/C14H26/c1-12-6-2-5-9-14(12)11-10-13-7-3-4-8-13/h12-14H,2-11H2,1H3. The molecule has 0 saturated heterocycles. The fourth-order valence-electron chi connectivity index (χ4n) is 3.57. The van der Waals surface area contributed by atoms with Crippen molar-refractivity contribution >= 4 is 0 Å². The Morgan fingerprint density at radius 3 is 2.14 bits per heavy atom. The third-order valence-electron chi connectivity index (χ3n) is 4.71. The van der Waals surface area contributed by atoms with Gasteiger partial charge in [0.2, 0.25) is 0 Å². The van der Waals surface area contributed by atoms with Crippen LogP contribution in [-0.2, 0) is 0 Å². The quantitative estimate of drug-likeness (QED) is 0.606. The maximum Gasteiger partial charge on any atom is -0.0388 e. The van der Waals surface area contributed by atoms with Gasteiger partial charge < -0.3 is 0 Å². The first-order valence-corrected chi connectivity index (χ1v) is 6.86. The van der Waals surface area contributed by atoms with Gasteiger partial charge in [-0.1, -0.05) is 64.7 Å². The van der Waals surface area contributed by atoms with Crippen LogP contribution in [0.25, 0.3) is 0 Å². The summed E-state index contributed by atoms with van der Waals surface area (Å²) < 4.78 is 0. The molecule has 0 N–H and O–H groups in total. The lowest BCUT2D eigenvalue weighted by molar-refractivity contribution is 0.226. The largest absolute Gasteiger partial charge is 0.0622 e. The van der Waals surface area contributed by atoms with Crippen LogP contribution >= 0.6 is 0 Å². The van der Waals surface area contributed by atoms with Crippen LogP contribution in [-0.4, -0.2) is 0 Å². The minimum absolute atomic E-state index is 1.03. The second-order valence-corrected chi connectivity index (χ2v) is 5.75. The summed E-state index contributed by atoms with van der Waals surface area (Å²) in [6, 6.07) is 0. The molecule has 0 amide bonds. The van der Waals surface area contributed by atoms with E-state index in [-0.39, 0.29) is 0 Å². The van der Waals surface area contributed by atoms with E-state index in [0.717, 1.165) is 17.8 Å². The highest BCUT2D eigenvalue weighted by Gasteiger charge is 2.23. The van der Waals surface area contributed by atoms with Crippen molar-refractivity contribution < 1.29 is 0 Å². The summed E-state index contributed by atoms with van der Waals surface area (Å²) in [6.45, 7) is 2.48. The second-order valence-electron chi connectivity index (χ2n) is 5.75. The molecule has 2 aliphatic carbocycles. The average Bonchev–Trinajstić information content (AvgIpc) is 2.69.